The molecule has 1 aliphatic rings. The van der Waals surface area contributed by atoms with Crippen LogP contribution >= 0.6 is 0 Å². The Bertz CT molecular complexity index is 467. The molecule has 0 spiro atoms. The van der Waals surface area contributed by atoms with Crippen molar-refractivity contribution in [3.63, 3.8) is 0 Å². The van der Waals surface area contributed by atoms with Crippen LogP contribution in [-0.4, -0.2) is 42.3 Å². The fourth-order valence-corrected chi connectivity index (χ4v) is 2.51. The number of hydrogen-bond acceptors (Lipinski definition) is 4. The number of ether oxygens (including phenoxy) is 1. The molecule has 4 heteroatoms. The molecule has 0 saturated carbocycles. The molecule has 1 saturated heterocycles. The molecule has 1 aromatic carbocycles. The number of hydrogen-bond donors (Lipinski definition) is 1. The molecule has 1 N–H and O–H groups in total. The zero-order valence-corrected chi connectivity index (χ0v) is 11.8. The van der Waals surface area contributed by atoms with Gasteiger partial charge in [-0.15, -0.1) is 0 Å². The molecule has 0 aromatic heterocycles. The molecule has 1 aliphatic heterocycles. The van der Waals surface area contributed by atoms with Gasteiger partial charge in [0.25, 0.3) is 0 Å². The fourth-order valence-electron chi connectivity index (χ4n) is 2.51. The number of benzene rings is 1. The first-order chi connectivity index (χ1) is 9.72. The van der Waals surface area contributed by atoms with Crippen molar-refractivity contribution in [3.05, 3.63) is 41.5 Å². The quantitative estimate of drug-likeness (QED) is 0.658. The summed E-state index contributed by atoms with van der Waals surface area (Å²) >= 11 is 0. The van der Waals surface area contributed by atoms with Gasteiger partial charge in [0.1, 0.15) is 0 Å². The summed E-state index contributed by atoms with van der Waals surface area (Å²) in [5.74, 6) is -0.350. The van der Waals surface area contributed by atoms with Crippen LogP contribution in [-0.2, 0) is 16.1 Å². The summed E-state index contributed by atoms with van der Waals surface area (Å²) in [6.45, 7) is 2.15. The van der Waals surface area contributed by atoms with Gasteiger partial charge in [-0.2, -0.15) is 0 Å². The van der Waals surface area contributed by atoms with Gasteiger partial charge >= 0.3 is 5.97 Å². The van der Waals surface area contributed by atoms with E-state index < -0.39 is 0 Å². The topological polar surface area (TPSA) is 49.8 Å². The average Bonchev–Trinajstić information content (AvgIpc) is 2.93. The third-order valence-electron chi connectivity index (χ3n) is 3.69. The minimum absolute atomic E-state index is 0.236. The summed E-state index contributed by atoms with van der Waals surface area (Å²) in [6, 6.07) is 8.39. The lowest BCUT2D eigenvalue weighted by Gasteiger charge is -2.22. The van der Waals surface area contributed by atoms with Crippen LogP contribution in [0.5, 0.6) is 0 Å². The highest BCUT2D eigenvalue weighted by atomic mass is 16.5. The predicted octanol–water partition coefficient (Wildman–Crippen LogP) is 1.83. The van der Waals surface area contributed by atoms with Crippen LogP contribution in [0.3, 0.4) is 0 Å². The molecule has 1 heterocycles. The highest BCUT2D eigenvalue weighted by Gasteiger charge is 2.23. The second-order valence-corrected chi connectivity index (χ2v) is 5.05. The number of rotatable bonds is 5. The number of aliphatic hydroxyl groups excluding tert-OH is 1. The average molecular weight is 275 g/mol. The molecular weight excluding hydrogens is 254 g/mol. The summed E-state index contributed by atoms with van der Waals surface area (Å²) < 4.78 is 4.55. The van der Waals surface area contributed by atoms with Gasteiger partial charge in [-0.3, -0.25) is 4.90 Å². The van der Waals surface area contributed by atoms with Gasteiger partial charge in [-0.05, 0) is 36.6 Å². The van der Waals surface area contributed by atoms with Crippen LogP contribution in [0.25, 0.3) is 6.08 Å². The number of esters is 1. The van der Waals surface area contributed by atoms with E-state index in [4.69, 9.17) is 0 Å². The van der Waals surface area contributed by atoms with E-state index in [9.17, 15) is 9.90 Å². The molecule has 2 rings (SSSR count). The minimum Gasteiger partial charge on any atom is -0.466 e. The van der Waals surface area contributed by atoms with E-state index in [0.717, 1.165) is 31.5 Å². The van der Waals surface area contributed by atoms with Crippen molar-refractivity contribution in [2.24, 2.45) is 0 Å². The monoisotopic (exact) mass is 275 g/mol. The van der Waals surface area contributed by atoms with Crippen LogP contribution in [0.1, 0.15) is 24.0 Å². The summed E-state index contributed by atoms with van der Waals surface area (Å²) in [7, 11) is 1.36. The second-order valence-electron chi connectivity index (χ2n) is 5.05. The molecule has 1 fully saturated rings. The maximum atomic E-state index is 11.0. The Morgan fingerprint density at radius 2 is 2.20 bits per heavy atom. The van der Waals surface area contributed by atoms with E-state index in [2.05, 4.69) is 21.8 Å². The first-order valence-corrected chi connectivity index (χ1v) is 6.93. The lowest BCUT2D eigenvalue weighted by Crippen LogP contribution is -2.31. The van der Waals surface area contributed by atoms with Crippen molar-refractivity contribution in [2.75, 3.05) is 20.3 Å². The normalized spacial score (nSPS) is 19.6. The molecule has 0 radical (unpaired) electrons. The van der Waals surface area contributed by atoms with Crippen molar-refractivity contribution in [1.82, 2.24) is 4.90 Å². The lowest BCUT2D eigenvalue weighted by atomic mass is 10.1. The van der Waals surface area contributed by atoms with E-state index in [-0.39, 0.29) is 12.6 Å². The molecule has 20 heavy (non-hydrogen) atoms. The van der Waals surface area contributed by atoms with Crippen LogP contribution in [0, 0.1) is 0 Å². The Hall–Kier alpha value is -1.65. The molecule has 1 atom stereocenters. The standard InChI is InChI=1S/C16H21NO3/c1-20-16(19)9-8-13-4-6-14(7-5-13)11-17-10-2-3-15(17)12-18/h4-9,15,18H,2-3,10-12H2,1H3. The van der Waals surface area contributed by atoms with E-state index in [0.29, 0.717) is 6.04 Å². The Morgan fingerprint density at radius 3 is 2.85 bits per heavy atom. The number of carbonyl (C=O) groups is 1. The maximum Gasteiger partial charge on any atom is 0.330 e. The number of methoxy groups -OCH3 is 1. The van der Waals surface area contributed by atoms with Crippen LogP contribution in [0.15, 0.2) is 30.3 Å². The Labute approximate surface area is 119 Å². The molecular formula is C16H21NO3. The Balaban J connectivity index is 1.94. The zero-order chi connectivity index (χ0) is 14.4. The summed E-state index contributed by atoms with van der Waals surface area (Å²) in [4.78, 5) is 13.3. The van der Waals surface area contributed by atoms with E-state index in [1.165, 1.54) is 18.7 Å². The van der Waals surface area contributed by atoms with E-state index in [1.807, 2.05) is 12.1 Å². The van der Waals surface area contributed by atoms with Crippen molar-refractivity contribution < 1.29 is 14.6 Å². The van der Waals surface area contributed by atoms with Crippen LogP contribution in [0.4, 0.5) is 0 Å². The van der Waals surface area contributed by atoms with Crippen molar-refractivity contribution in [2.45, 2.75) is 25.4 Å². The van der Waals surface area contributed by atoms with E-state index >= 15 is 0 Å². The van der Waals surface area contributed by atoms with Crippen molar-refractivity contribution in [1.29, 1.82) is 0 Å². The molecule has 1 aromatic rings. The Morgan fingerprint density at radius 1 is 1.45 bits per heavy atom. The molecule has 108 valence electrons. The van der Waals surface area contributed by atoms with Gasteiger partial charge in [0.05, 0.1) is 13.7 Å². The van der Waals surface area contributed by atoms with Gasteiger partial charge in [0.2, 0.25) is 0 Å². The zero-order valence-electron chi connectivity index (χ0n) is 11.8. The molecule has 0 amide bonds. The number of carbonyl (C=O) groups excluding carboxylic acids is 1. The third-order valence-corrected chi connectivity index (χ3v) is 3.69. The predicted molar refractivity (Wildman–Crippen MR) is 78.0 cm³/mol. The van der Waals surface area contributed by atoms with Gasteiger partial charge < -0.3 is 9.84 Å². The smallest absolute Gasteiger partial charge is 0.330 e. The molecule has 0 aliphatic carbocycles. The summed E-state index contributed by atoms with van der Waals surface area (Å²) in [5, 5.41) is 9.31. The first kappa shape index (κ1) is 14.8. The highest BCUT2D eigenvalue weighted by molar-refractivity contribution is 5.86. The SMILES string of the molecule is COC(=O)C=Cc1ccc(CN2CCCC2CO)cc1. The van der Waals surface area contributed by atoms with Crippen LogP contribution < -0.4 is 0 Å². The van der Waals surface area contributed by atoms with Gasteiger partial charge in [-0.25, -0.2) is 4.79 Å². The van der Waals surface area contributed by atoms with E-state index in [1.54, 1.807) is 6.08 Å². The largest absolute Gasteiger partial charge is 0.466 e. The van der Waals surface area contributed by atoms with Crippen molar-refractivity contribution in [3.8, 4) is 0 Å². The number of likely N-dealkylation sites (tertiary alicyclic amines) is 1. The number of nitrogens with zero attached hydrogens (tertiary/aromatic N) is 1. The van der Waals surface area contributed by atoms with Gasteiger partial charge in [0, 0.05) is 18.7 Å². The molecule has 4 nitrogen and oxygen atoms in total. The molecule has 1 unspecified atom stereocenters. The highest BCUT2D eigenvalue weighted by Crippen LogP contribution is 2.19. The lowest BCUT2D eigenvalue weighted by molar-refractivity contribution is -0.134. The fraction of sp³-hybridized carbons (Fsp3) is 0.438. The summed E-state index contributed by atoms with van der Waals surface area (Å²) in [6.07, 6.45) is 5.39. The van der Waals surface area contributed by atoms with Crippen molar-refractivity contribution >= 4 is 12.0 Å². The third kappa shape index (κ3) is 3.92. The van der Waals surface area contributed by atoms with Gasteiger partial charge in [-0.1, -0.05) is 24.3 Å². The summed E-state index contributed by atoms with van der Waals surface area (Å²) in [5.41, 5.74) is 2.19. The van der Waals surface area contributed by atoms with Crippen LogP contribution in [0.2, 0.25) is 0 Å². The Kier molecular flexibility index (Phi) is 5.32. The maximum absolute atomic E-state index is 11.0. The molecule has 0 bridgehead atoms. The number of aliphatic hydroxyl groups is 1. The second kappa shape index (κ2) is 7.22. The first-order valence-electron chi connectivity index (χ1n) is 6.93. The minimum atomic E-state index is -0.350. The van der Waals surface area contributed by atoms with Gasteiger partial charge in [0.15, 0.2) is 0 Å².